The number of ether oxygens (including phenoxy) is 3. The van der Waals surface area contributed by atoms with Crippen LogP contribution >= 0.6 is 0 Å². The quantitative estimate of drug-likeness (QED) is 0.421. The van der Waals surface area contributed by atoms with Gasteiger partial charge in [0.05, 0.1) is 14.2 Å². The lowest BCUT2D eigenvalue weighted by Crippen LogP contribution is -2.44. The third-order valence-electron chi connectivity index (χ3n) is 2.95. The number of carbonyl (C=O) groups excluding carboxylic acids is 3. The first-order chi connectivity index (χ1) is 8.30. The Morgan fingerprint density at radius 3 is 2.17 bits per heavy atom. The molecular formula is C12H18O6. The minimum absolute atomic E-state index is 0.0122. The van der Waals surface area contributed by atoms with E-state index in [1.165, 1.54) is 14.2 Å². The van der Waals surface area contributed by atoms with Gasteiger partial charge in [0.2, 0.25) is 0 Å². The largest absolute Gasteiger partial charge is 0.468 e. The smallest absolute Gasteiger partial charge is 0.320 e. The van der Waals surface area contributed by atoms with Gasteiger partial charge >= 0.3 is 17.9 Å². The van der Waals surface area contributed by atoms with Crippen molar-refractivity contribution in [2.24, 2.45) is 11.8 Å². The second-order valence-corrected chi connectivity index (χ2v) is 4.93. The summed E-state index contributed by atoms with van der Waals surface area (Å²) in [5.41, 5.74) is -0.694. The lowest BCUT2D eigenvalue weighted by atomic mass is 9.79. The van der Waals surface area contributed by atoms with E-state index in [0.29, 0.717) is 6.42 Å². The van der Waals surface area contributed by atoms with E-state index in [0.717, 1.165) is 0 Å². The van der Waals surface area contributed by atoms with Crippen molar-refractivity contribution in [3.63, 3.8) is 0 Å². The molecule has 0 N–H and O–H groups in total. The highest BCUT2D eigenvalue weighted by atomic mass is 16.6. The first kappa shape index (κ1) is 14.5. The zero-order chi connectivity index (χ0) is 13.9. The summed E-state index contributed by atoms with van der Waals surface area (Å²) < 4.78 is 14.3. The maximum Gasteiger partial charge on any atom is 0.320 e. The Kier molecular flexibility index (Phi) is 4.32. The van der Waals surface area contributed by atoms with Gasteiger partial charge in [0.1, 0.15) is 5.60 Å². The van der Waals surface area contributed by atoms with Gasteiger partial charge in [0.15, 0.2) is 5.92 Å². The highest BCUT2D eigenvalue weighted by Gasteiger charge is 2.45. The lowest BCUT2D eigenvalue weighted by Gasteiger charge is -2.36. The van der Waals surface area contributed by atoms with Crippen LogP contribution in [0.4, 0.5) is 0 Å². The number of carbonyl (C=O) groups is 3. The summed E-state index contributed by atoms with van der Waals surface area (Å²) in [5.74, 6) is -3.32. The normalized spacial score (nSPS) is 22.3. The fraction of sp³-hybridized carbons (Fsp3) is 0.750. The van der Waals surface area contributed by atoms with E-state index in [4.69, 9.17) is 4.74 Å². The number of rotatable bonds is 3. The maximum absolute atomic E-state index is 11.7. The molecule has 0 bridgehead atoms. The van der Waals surface area contributed by atoms with Gasteiger partial charge < -0.3 is 14.2 Å². The molecule has 6 heteroatoms. The Bertz CT molecular complexity index is 344. The fourth-order valence-electron chi connectivity index (χ4n) is 2.28. The molecule has 0 aromatic heterocycles. The third-order valence-corrected chi connectivity index (χ3v) is 2.95. The predicted molar refractivity (Wildman–Crippen MR) is 60.4 cm³/mol. The molecule has 1 saturated heterocycles. The van der Waals surface area contributed by atoms with Crippen LogP contribution in [-0.4, -0.2) is 37.7 Å². The Morgan fingerprint density at radius 1 is 1.28 bits per heavy atom. The van der Waals surface area contributed by atoms with Gasteiger partial charge in [-0.25, -0.2) is 0 Å². The van der Waals surface area contributed by atoms with Crippen LogP contribution in [0.5, 0.6) is 0 Å². The number of cyclic esters (lactones) is 1. The Morgan fingerprint density at radius 2 is 1.78 bits per heavy atom. The lowest BCUT2D eigenvalue weighted by molar-refractivity contribution is -0.175. The van der Waals surface area contributed by atoms with Crippen LogP contribution < -0.4 is 0 Å². The monoisotopic (exact) mass is 258 g/mol. The van der Waals surface area contributed by atoms with Crippen molar-refractivity contribution in [1.29, 1.82) is 0 Å². The molecule has 102 valence electrons. The van der Waals surface area contributed by atoms with Crippen LogP contribution in [0.2, 0.25) is 0 Å². The summed E-state index contributed by atoms with van der Waals surface area (Å²) in [6, 6.07) is 0. The zero-order valence-corrected chi connectivity index (χ0v) is 11.0. The van der Waals surface area contributed by atoms with Gasteiger partial charge in [-0.15, -0.1) is 0 Å². The van der Waals surface area contributed by atoms with Crippen molar-refractivity contribution in [2.45, 2.75) is 32.3 Å². The van der Waals surface area contributed by atoms with E-state index in [-0.39, 0.29) is 6.42 Å². The molecule has 0 radical (unpaired) electrons. The number of methoxy groups -OCH3 is 2. The van der Waals surface area contributed by atoms with E-state index in [1.54, 1.807) is 13.8 Å². The Hall–Kier alpha value is -1.59. The third kappa shape index (κ3) is 3.21. The second-order valence-electron chi connectivity index (χ2n) is 4.93. The molecule has 0 unspecified atom stereocenters. The van der Waals surface area contributed by atoms with Gasteiger partial charge in [-0.3, -0.25) is 14.4 Å². The van der Waals surface area contributed by atoms with E-state index >= 15 is 0 Å². The van der Waals surface area contributed by atoms with Gasteiger partial charge in [-0.2, -0.15) is 0 Å². The average Bonchev–Trinajstić information content (AvgIpc) is 2.26. The van der Waals surface area contributed by atoms with Crippen molar-refractivity contribution in [1.82, 2.24) is 0 Å². The van der Waals surface area contributed by atoms with Crippen molar-refractivity contribution >= 4 is 17.9 Å². The summed E-state index contributed by atoms with van der Waals surface area (Å²) in [5, 5.41) is 0. The van der Waals surface area contributed by atoms with Gasteiger partial charge in [0.25, 0.3) is 0 Å². The van der Waals surface area contributed by atoms with Crippen LogP contribution in [-0.2, 0) is 28.6 Å². The molecule has 6 nitrogen and oxygen atoms in total. The molecule has 18 heavy (non-hydrogen) atoms. The molecule has 1 rings (SSSR count). The summed E-state index contributed by atoms with van der Waals surface area (Å²) in [4.78, 5) is 34.8. The maximum atomic E-state index is 11.7. The van der Waals surface area contributed by atoms with Crippen LogP contribution in [0.15, 0.2) is 0 Å². The summed E-state index contributed by atoms with van der Waals surface area (Å²) in [7, 11) is 2.40. The average molecular weight is 258 g/mol. The molecule has 0 amide bonds. The van der Waals surface area contributed by atoms with E-state index in [2.05, 4.69) is 9.47 Å². The minimum atomic E-state index is -1.08. The van der Waals surface area contributed by atoms with Gasteiger partial charge in [0, 0.05) is 6.42 Å². The van der Waals surface area contributed by atoms with Gasteiger partial charge in [-0.05, 0) is 26.2 Å². The standard InChI is InChI=1S/C12H18O6/c1-12(2)6-7(5-8(13)18-12)9(10(14)16-3)11(15)17-4/h7,9H,5-6H2,1-4H3/t7-/m1/s1. The summed E-state index contributed by atoms with van der Waals surface area (Å²) in [6.07, 6.45) is 0.423. The number of hydrogen-bond acceptors (Lipinski definition) is 6. The van der Waals surface area contributed by atoms with E-state index in [1.807, 2.05) is 0 Å². The molecule has 0 spiro atoms. The van der Waals surface area contributed by atoms with Crippen molar-refractivity contribution in [3.8, 4) is 0 Å². The SMILES string of the molecule is COC(=O)C(C(=O)OC)[C@@H]1CC(=O)OC(C)(C)C1. The predicted octanol–water partition coefficient (Wildman–Crippen LogP) is 0.680. The van der Waals surface area contributed by atoms with Crippen molar-refractivity contribution in [3.05, 3.63) is 0 Å². The molecule has 1 aliphatic heterocycles. The van der Waals surface area contributed by atoms with Gasteiger partial charge in [-0.1, -0.05) is 0 Å². The Balaban J connectivity index is 2.95. The molecule has 0 aromatic carbocycles. The molecule has 0 aromatic rings. The topological polar surface area (TPSA) is 78.9 Å². The molecule has 1 aliphatic rings. The van der Waals surface area contributed by atoms with E-state index in [9.17, 15) is 14.4 Å². The first-order valence-electron chi connectivity index (χ1n) is 5.68. The van der Waals surface area contributed by atoms with Crippen molar-refractivity contribution < 1.29 is 28.6 Å². The van der Waals surface area contributed by atoms with E-state index < -0.39 is 35.3 Å². The molecule has 1 atom stereocenters. The number of esters is 3. The fourth-order valence-corrected chi connectivity index (χ4v) is 2.28. The minimum Gasteiger partial charge on any atom is -0.468 e. The van der Waals surface area contributed by atoms with Crippen LogP contribution in [0.1, 0.15) is 26.7 Å². The highest BCUT2D eigenvalue weighted by Crippen LogP contribution is 2.35. The van der Waals surface area contributed by atoms with Crippen LogP contribution in [0, 0.1) is 11.8 Å². The van der Waals surface area contributed by atoms with Crippen LogP contribution in [0.3, 0.4) is 0 Å². The number of hydrogen-bond donors (Lipinski definition) is 0. The first-order valence-corrected chi connectivity index (χ1v) is 5.68. The molecule has 1 heterocycles. The van der Waals surface area contributed by atoms with Crippen molar-refractivity contribution in [2.75, 3.05) is 14.2 Å². The Labute approximate surface area is 106 Å². The summed E-state index contributed by atoms with van der Waals surface area (Å²) in [6.45, 7) is 3.48. The molecular weight excluding hydrogens is 240 g/mol. The highest BCUT2D eigenvalue weighted by molar-refractivity contribution is 5.95. The van der Waals surface area contributed by atoms with Crippen LogP contribution in [0.25, 0.3) is 0 Å². The molecule has 0 saturated carbocycles. The molecule has 1 fully saturated rings. The second kappa shape index (κ2) is 5.37. The molecule has 0 aliphatic carbocycles. The zero-order valence-electron chi connectivity index (χ0n) is 11.0. The summed E-state index contributed by atoms with van der Waals surface area (Å²) >= 11 is 0.